The van der Waals surface area contributed by atoms with E-state index in [4.69, 9.17) is 10.7 Å². The number of pyridine rings is 1. The van der Waals surface area contributed by atoms with Crippen LogP contribution in [0.1, 0.15) is 63.5 Å². The largest absolute Gasteiger partial charge is 0.353 e. The molecule has 1 saturated heterocycles. The third-order valence-corrected chi connectivity index (χ3v) is 4.65. The molecule has 0 spiro atoms. The van der Waals surface area contributed by atoms with Crippen LogP contribution in [0.25, 0.3) is 0 Å². The molecular formula is C18H31N3. The SMILES string of the molecule is CCCC1CCCCN1c1ncc(CC(N)CC)cc1C. The second kappa shape index (κ2) is 7.79. The second-order valence-electron chi connectivity index (χ2n) is 6.49. The van der Waals surface area contributed by atoms with Crippen LogP contribution >= 0.6 is 0 Å². The molecule has 2 heterocycles. The van der Waals surface area contributed by atoms with E-state index in [0.717, 1.165) is 19.4 Å². The minimum atomic E-state index is 0.250. The zero-order valence-electron chi connectivity index (χ0n) is 13.9. The summed E-state index contributed by atoms with van der Waals surface area (Å²) in [5, 5.41) is 0. The van der Waals surface area contributed by atoms with Gasteiger partial charge in [-0.05, 0) is 56.6 Å². The van der Waals surface area contributed by atoms with Gasteiger partial charge in [0.25, 0.3) is 0 Å². The molecule has 0 radical (unpaired) electrons. The minimum Gasteiger partial charge on any atom is -0.353 e. The predicted octanol–water partition coefficient (Wildman–Crippen LogP) is 3.83. The van der Waals surface area contributed by atoms with Gasteiger partial charge in [0, 0.05) is 24.8 Å². The highest BCUT2D eigenvalue weighted by Crippen LogP contribution is 2.28. The number of aryl methyl sites for hydroxylation is 1. The number of hydrogen-bond acceptors (Lipinski definition) is 3. The lowest BCUT2D eigenvalue weighted by molar-refractivity contribution is 0.431. The number of anilines is 1. The van der Waals surface area contributed by atoms with E-state index >= 15 is 0 Å². The van der Waals surface area contributed by atoms with Gasteiger partial charge in [0.1, 0.15) is 5.82 Å². The van der Waals surface area contributed by atoms with Crippen LogP contribution in [0.3, 0.4) is 0 Å². The summed E-state index contributed by atoms with van der Waals surface area (Å²) in [7, 11) is 0. The van der Waals surface area contributed by atoms with E-state index in [0.29, 0.717) is 6.04 Å². The lowest BCUT2D eigenvalue weighted by Crippen LogP contribution is -2.40. The Balaban J connectivity index is 2.15. The van der Waals surface area contributed by atoms with Crippen molar-refractivity contribution in [1.82, 2.24) is 4.98 Å². The molecule has 0 aliphatic carbocycles. The van der Waals surface area contributed by atoms with Gasteiger partial charge in [0.05, 0.1) is 0 Å². The molecule has 21 heavy (non-hydrogen) atoms. The fourth-order valence-corrected chi connectivity index (χ4v) is 3.40. The third-order valence-electron chi connectivity index (χ3n) is 4.65. The van der Waals surface area contributed by atoms with Crippen LogP contribution < -0.4 is 10.6 Å². The molecule has 1 aromatic rings. The number of nitrogens with zero attached hydrogens (tertiary/aromatic N) is 2. The van der Waals surface area contributed by atoms with E-state index in [-0.39, 0.29) is 6.04 Å². The first-order chi connectivity index (χ1) is 10.2. The fraction of sp³-hybridized carbons (Fsp3) is 0.722. The van der Waals surface area contributed by atoms with Crippen molar-refractivity contribution >= 4 is 5.82 Å². The van der Waals surface area contributed by atoms with Gasteiger partial charge < -0.3 is 10.6 Å². The molecule has 0 aromatic carbocycles. The molecule has 2 atom stereocenters. The second-order valence-corrected chi connectivity index (χ2v) is 6.49. The van der Waals surface area contributed by atoms with Crippen molar-refractivity contribution in [1.29, 1.82) is 0 Å². The smallest absolute Gasteiger partial charge is 0.131 e. The molecule has 3 nitrogen and oxygen atoms in total. The molecule has 1 aromatic heterocycles. The monoisotopic (exact) mass is 289 g/mol. The van der Waals surface area contributed by atoms with Gasteiger partial charge in [-0.15, -0.1) is 0 Å². The zero-order chi connectivity index (χ0) is 15.2. The fourth-order valence-electron chi connectivity index (χ4n) is 3.40. The van der Waals surface area contributed by atoms with E-state index < -0.39 is 0 Å². The Hall–Kier alpha value is -1.09. The number of nitrogens with two attached hydrogens (primary N) is 1. The average Bonchev–Trinajstić information content (AvgIpc) is 2.48. The Bertz CT molecular complexity index is 442. The van der Waals surface area contributed by atoms with Crippen LogP contribution in [-0.2, 0) is 6.42 Å². The van der Waals surface area contributed by atoms with E-state index in [1.165, 1.54) is 49.0 Å². The highest BCUT2D eigenvalue weighted by molar-refractivity contribution is 5.48. The summed E-state index contributed by atoms with van der Waals surface area (Å²) in [5.74, 6) is 1.20. The van der Waals surface area contributed by atoms with Gasteiger partial charge in [-0.3, -0.25) is 0 Å². The summed E-state index contributed by atoms with van der Waals surface area (Å²) in [6.07, 6.45) is 10.5. The molecule has 0 bridgehead atoms. The maximum Gasteiger partial charge on any atom is 0.131 e. The van der Waals surface area contributed by atoms with Crippen molar-refractivity contribution in [2.24, 2.45) is 5.73 Å². The van der Waals surface area contributed by atoms with Gasteiger partial charge in [-0.1, -0.05) is 26.3 Å². The number of piperidine rings is 1. The molecular weight excluding hydrogens is 258 g/mol. The van der Waals surface area contributed by atoms with Crippen molar-refractivity contribution in [2.45, 2.75) is 77.8 Å². The zero-order valence-corrected chi connectivity index (χ0v) is 13.9. The average molecular weight is 289 g/mol. The van der Waals surface area contributed by atoms with Gasteiger partial charge in [0.2, 0.25) is 0 Å². The Kier molecular flexibility index (Phi) is 6.04. The van der Waals surface area contributed by atoms with Gasteiger partial charge in [-0.25, -0.2) is 4.98 Å². The number of hydrogen-bond donors (Lipinski definition) is 1. The van der Waals surface area contributed by atoms with Gasteiger partial charge in [0.15, 0.2) is 0 Å². The lowest BCUT2D eigenvalue weighted by Gasteiger charge is -2.37. The predicted molar refractivity (Wildman–Crippen MR) is 90.8 cm³/mol. The topological polar surface area (TPSA) is 42.2 Å². The van der Waals surface area contributed by atoms with Crippen LogP contribution in [-0.4, -0.2) is 23.6 Å². The molecule has 2 N–H and O–H groups in total. The first-order valence-corrected chi connectivity index (χ1v) is 8.63. The summed E-state index contributed by atoms with van der Waals surface area (Å²) in [5.41, 5.74) is 8.64. The molecule has 118 valence electrons. The molecule has 1 fully saturated rings. The maximum absolute atomic E-state index is 6.06. The van der Waals surface area contributed by atoms with Crippen LogP contribution in [0.15, 0.2) is 12.3 Å². The summed E-state index contributed by atoms with van der Waals surface area (Å²) in [6.45, 7) is 7.78. The van der Waals surface area contributed by atoms with Crippen LogP contribution in [0.5, 0.6) is 0 Å². The summed E-state index contributed by atoms with van der Waals surface area (Å²) in [6, 6.07) is 3.22. The summed E-state index contributed by atoms with van der Waals surface area (Å²) >= 11 is 0. The normalized spacial score (nSPS) is 20.6. The first kappa shape index (κ1) is 16.3. The minimum absolute atomic E-state index is 0.250. The Morgan fingerprint density at radius 3 is 2.86 bits per heavy atom. The highest BCUT2D eigenvalue weighted by atomic mass is 15.2. The van der Waals surface area contributed by atoms with E-state index in [1.54, 1.807) is 0 Å². The molecule has 2 rings (SSSR count). The Morgan fingerprint density at radius 1 is 1.38 bits per heavy atom. The Morgan fingerprint density at radius 2 is 2.19 bits per heavy atom. The van der Waals surface area contributed by atoms with Gasteiger partial charge >= 0.3 is 0 Å². The van der Waals surface area contributed by atoms with Crippen molar-refractivity contribution in [2.75, 3.05) is 11.4 Å². The van der Waals surface area contributed by atoms with Crippen molar-refractivity contribution in [3.63, 3.8) is 0 Å². The molecule has 1 aliphatic rings. The van der Waals surface area contributed by atoms with Crippen LogP contribution in [0, 0.1) is 6.92 Å². The number of aromatic nitrogens is 1. The third kappa shape index (κ3) is 4.19. The van der Waals surface area contributed by atoms with Crippen molar-refractivity contribution < 1.29 is 0 Å². The molecule has 2 unspecified atom stereocenters. The maximum atomic E-state index is 6.06. The first-order valence-electron chi connectivity index (χ1n) is 8.63. The number of rotatable bonds is 6. The summed E-state index contributed by atoms with van der Waals surface area (Å²) < 4.78 is 0. The molecule has 3 heteroatoms. The van der Waals surface area contributed by atoms with E-state index in [9.17, 15) is 0 Å². The van der Waals surface area contributed by atoms with E-state index in [2.05, 4.69) is 31.7 Å². The molecule has 0 saturated carbocycles. The van der Waals surface area contributed by atoms with Crippen molar-refractivity contribution in [3.05, 3.63) is 23.4 Å². The molecule has 1 aliphatic heterocycles. The van der Waals surface area contributed by atoms with Crippen molar-refractivity contribution in [3.8, 4) is 0 Å². The standard InChI is InChI=1S/C18H31N3/c1-4-8-17-9-6-7-10-21(17)18-14(3)11-15(13-20-18)12-16(19)5-2/h11,13,16-17H,4-10,12,19H2,1-3H3. The van der Waals surface area contributed by atoms with Crippen LogP contribution in [0.4, 0.5) is 5.82 Å². The lowest BCUT2D eigenvalue weighted by atomic mass is 9.97. The van der Waals surface area contributed by atoms with Crippen LogP contribution in [0.2, 0.25) is 0 Å². The highest BCUT2D eigenvalue weighted by Gasteiger charge is 2.24. The van der Waals surface area contributed by atoms with E-state index in [1.807, 2.05) is 6.20 Å². The molecule has 0 amide bonds. The Labute approximate surface area is 129 Å². The van der Waals surface area contributed by atoms with Gasteiger partial charge in [-0.2, -0.15) is 0 Å². The quantitative estimate of drug-likeness (QED) is 0.865. The summed E-state index contributed by atoms with van der Waals surface area (Å²) in [4.78, 5) is 7.34.